The molecule has 56 valence electrons. The molecule has 0 fully saturated rings. The Morgan fingerprint density at radius 2 is 1.89 bits per heavy atom. The van der Waals surface area contributed by atoms with Crippen LogP contribution in [-0.4, -0.2) is 13.3 Å². The van der Waals surface area contributed by atoms with Crippen molar-refractivity contribution in [3.05, 3.63) is 0 Å². The summed E-state index contributed by atoms with van der Waals surface area (Å²) in [5.74, 6) is 1.31. The number of nitrogens with two attached hydrogens (primary N) is 1. The number of rotatable bonds is 4. The third-order valence-electron chi connectivity index (χ3n) is 1.64. The van der Waals surface area contributed by atoms with Crippen molar-refractivity contribution in [1.82, 2.24) is 0 Å². The molecule has 0 spiro atoms. The molecule has 0 aliphatic heterocycles. The van der Waals surface area contributed by atoms with Gasteiger partial charge in [0, 0.05) is 0 Å². The Morgan fingerprint density at radius 3 is 2.22 bits per heavy atom. The zero-order valence-electron chi connectivity index (χ0n) is 6.55. The first kappa shape index (κ1) is 8.92. The van der Waals surface area contributed by atoms with Crippen molar-refractivity contribution < 1.29 is 4.74 Å². The van der Waals surface area contributed by atoms with E-state index in [4.69, 9.17) is 10.5 Å². The summed E-state index contributed by atoms with van der Waals surface area (Å²) in [6.07, 6.45) is 0. The van der Waals surface area contributed by atoms with Crippen LogP contribution in [0, 0.1) is 11.8 Å². The lowest BCUT2D eigenvalue weighted by atomic mass is 10.00. The Bertz CT molecular complexity index is 63.9. The normalized spacial score (nSPS) is 14.3. The van der Waals surface area contributed by atoms with Crippen LogP contribution in [0.3, 0.4) is 0 Å². The van der Waals surface area contributed by atoms with E-state index < -0.39 is 0 Å². The smallest absolute Gasteiger partial charge is 0.0940 e. The second kappa shape index (κ2) is 4.77. The van der Waals surface area contributed by atoms with Crippen LogP contribution in [0.25, 0.3) is 0 Å². The zero-order valence-corrected chi connectivity index (χ0v) is 6.55. The Hall–Kier alpha value is -0.0800. The van der Waals surface area contributed by atoms with Crippen molar-refractivity contribution in [3.63, 3.8) is 0 Å². The van der Waals surface area contributed by atoms with Crippen LogP contribution >= 0.6 is 0 Å². The van der Waals surface area contributed by atoms with E-state index in [2.05, 4.69) is 20.8 Å². The van der Waals surface area contributed by atoms with Crippen LogP contribution in [-0.2, 0) is 4.74 Å². The molecule has 0 saturated carbocycles. The van der Waals surface area contributed by atoms with E-state index in [1.165, 1.54) is 0 Å². The van der Waals surface area contributed by atoms with Gasteiger partial charge in [0.15, 0.2) is 0 Å². The van der Waals surface area contributed by atoms with Crippen LogP contribution in [0.15, 0.2) is 0 Å². The summed E-state index contributed by atoms with van der Waals surface area (Å²) in [4.78, 5) is 0. The van der Waals surface area contributed by atoms with Crippen LogP contribution < -0.4 is 5.73 Å². The maximum Gasteiger partial charge on any atom is 0.0940 e. The number of ether oxygens (including phenoxy) is 1. The van der Waals surface area contributed by atoms with E-state index in [0.717, 1.165) is 6.61 Å². The Kier molecular flexibility index (Phi) is 4.72. The third kappa shape index (κ3) is 4.43. The van der Waals surface area contributed by atoms with Gasteiger partial charge < -0.3 is 10.5 Å². The van der Waals surface area contributed by atoms with Gasteiger partial charge in [0.25, 0.3) is 0 Å². The van der Waals surface area contributed by atoms with Gasteiger partial charge in [0.05, 0.1) is 13.3 Å². The largest absolute Gasteiger partial charge is 0.366 e. The molecule has 1 atom stereocenters. The van der Waals surface area contributed by atoms with Gasteiger partial charge >= 0.3 is 0 Å². The third-order valence-corrected chi connectivity index (χ3v) is 1.64. The molecule has 0 heterocycles. The minimum Gasteiger partial charge on any atom is -0.366 e. The fourth-order valence-electron chi connectivity index (χ4n) is 0.446. The quantitative estimate of drug-likeness (QED) is 0.582. The van der Waals surface area contributed by atoms with Gasteiger partial charge in [-0.1, -0.05) is 20.8 Å². The summed E-state index contributed by atoms with van der Waals surface area (Å²) in [6.45, 7) is 7.67. The molecule has 0 amide bonds. The summed E-state index contributed by atoms with van der Waals surface area (Å²) < 4.78 is 5.03. The highest BCUT2D eigenvalue weighted by molar-refractivity contribution is 4.54. The van der Waals surface area contributed by atoms with Crippen molar-refractivity contribution in [2.75, 3.05) is 13.3 Å². The summed E-state index contributed by atoms with van der Waals surface area (Å²) >= 11 is 0. The molecule has 0 aromatic heterocycles. The van der Waals surface area contributed by atoms with Gasteiger partial charge in [-0.2, -0.15) is 0 Å². The lowest BCUT2D eigenvalue weighted by molar-refractivity contribution is 0.0948. The van der Waals surface area contributed by atoms with E-state index in [-0.39, 0.29) is 0 Å². The van der Waals surface area contributed by atoms with Crippen LogP contribution in [0.1, 0.15) is 20.8 Å². The highest BCUT2D eigenvalue weighted by atomic mass is 16.5. The van der Waals surface area contributed by atoms with E-state index in [9.17, 15) is 0 Å². The molecule has 0 saturated heterocycles. The van der Waals surface area contributed by atoms with Crippen molar-refractivity contribution >= 4 is 0 Å². The molecule has 9 heavy (non-hydrogen) atoms. The average molecular weight is 131 g/mol. The molecule has 2 nitrogen and oxygen atoms in total. The summed E-state index contributed by atoms with van der Waals surface area (Å²) in [7, 11) is 0. The lowest BCUT2D eigenvalue weighted by Crippen LogP contribution is -2.15. The molecule has 0 bridgehead atoms. The predicted octanol–water partition coefficient (Wildman–Crippen LogP) is 1.21. The monoisotopic (exact) mass is 131 g/mol. The predicted molar refractivity (Wildman–Crippen MR) is 39.0 cm³/mol. The van der Waals surface area contributed by atoms with Gasteiger partial charge in [-0.15, -0.1) is 0 Å². The lowest BCUT2D eigenvalue weighted by Gasteiger charge is -2.13. The maximum absolute atomic E-state index is 5.15. The number of hydrogen-bond donors (Lipinski definition) is 1. The van der Waals surface area contributed by atoms with Gasteiger partial charge in [-0.3, -0.25) is 0 Å². The van der Waals surface area contributed by atoms with Crippen molar-refractivity contribution in [2.24, 2.45) is 17.6 Å². The molecule has 0 aliphatic carbocycles. The Morgan fingerprint density at radius 1 is 1.33 bits per heavy atom. The standard InChI is InChI=1S/C7H17NO/c1-6(2)7(3)4-9-5-8/h6-7H,4-5,8H2,1-3H3. The first-order valence-electron chi connectivity index (χ1n) is 3.46. The molecule has 0 radical (unpaired) electrons. The minimum atomic E-state index is 0.344. The molecule has 2 heteroatoms. The molecule has 0 aliphatic rings. The first-order valence-corrected chi connectivity index (χ1v) is 3.46. The SMILES string of the molecule is CC(C)C(C)COCN. The minimum absolute atomic E-state index is 0.344. The molecular weight excluding hydrogens is 114 g/mol. The molecule has 1 unspecified atom stereocenters. The topological polar surface area (TPSA) is 35.2 Å². The van der Waals surface area contributed by atoms with Gasteiger partial charge in [-0.05, 0) is 11.8 Å². The molecule has 0 rings (SSSR count). The van der Waals surface area contributed by atoms with Crippen LogP contribution in [0.5, 0.6) is 0 Å². The summed E-state index contributed by atoms with van der Waals surface area (Å²) in [5, 5.41) is 0. The highest BCUT2D eigenvalue weighted by Gasteiger charge is 2.05. The maximum atomic E-state index is 5.15. The van der Waals surface area contributed by atoms with Crippen molar-refractivity contribution in [1.29, 1.82) is 0 Å². The highest BCUT2D eigenvalue weighted by Crippen LogP contribution is 2.08. The van der Waals surface area contributed by atoms with E-state index in [1.54, 1.807) is 0 Å². The summed E-state index contributed by atoms with van der Waals surface area (Å²) in [6, 6.07) is 0. The van der Waals surface area contributed by atoms with Crippen molar-refractivity contribution in [2.45, 2.75) is 20.8 Å². The van der Waals surface area contributed by atoms with E-state index in [1.807, 2.05) is 0 Å². The van der Waals surface area contributed by atoms with Gasteiger partial charge in [0.1, 0.15) is 0 Å². The van der Waals surface area contributed by atoms with Crippen molar-refractivity contribution in [3.8, 4) is 0 Å². The average Bonchev–Trinajstić information content (AvgIpc) is 1.82. The molecule has 0 aromatic rings. The molecule has 0 aromatic carbocycles. The van der Waals surface area contributed by atoms with E-state index >= 15 is 0 Å². The van der Waals surface area contributed by atoms with Gasteiger partial charge in [-0.25, -0.2) is 0 Å². The zero-order chi connectivity index (χ0) is 7.28. The van der Waals surface area contributed by atoms with Gasteiger partial charge in [0.2, 0.25) is 0 Å². The molecular formula is C7H17NO. The second-order valence-electron chi connectivity index (χ2n) is 2.76. The first-order chi connectivity index (χ1) is 4.18. The summed E-state index contributed by atoms with van der Waals surface area (Å²) in [5.41, 5.74) is 5.15. The fourth-order valence-corrected chi connectivity index (χ4v) is 0.446. The Balaban J connectivity index is 3.16. The number of hydrogen-bond acceptors (Lipinski definition) is 2. The van der Waals surface area contributed by atoms with Crippen LogP contribution in [0.2, 0.25) is 0 Å². The second-order valence-corrected chi connectivity index (χ2v) is 2.76. The Labute approximate surface area is 57.4 Å². The fraction of sp³-hybridized carbons (Fsp3) is 1.00. The molecule has 2 N–H and O–H groups in total. The van der Waals surface area contributed by atoms with E-state index in [0.29, 0.717) is 18.6 Å². The van der Waals surface area contributed by atoms with Crippen LogP contribution in [0.4, 0.5) is 0 Å².